The van der Waals surface area contributed by atoms with Crippen molar-refractivity contribution in [3.8, 4) is 0 Å². The molecule has 1 fully saturated rings. The molecule has 1 aliphatic heterocycles. The van der Waals surface area contributed by atoms with E-state index in [2.05, 4.69) is 15.6 Å². The zero-order valence-corrected chi connectivity index (χ0v) is 8.22. The van der Waals surface area contributed by atoms with E-state index in [-0.39, 0.29) is 11.9 Å². The molecule has 7 nitrogen and oxygen atoms in total. The van der Waals surface area contributed by atoms with Gasteiger partial charge in [0.15, 0.2) is 5.69 Å². The summed E-state index contributed by atoms with van der Waals surface area (Å²) in [5, 5.41) is 10.3. The minimum Gasteiger partial charge on any atom is -0.377 e. The van der Waals surface area contributed by atoms with E-state index in [1.807, 2.05) is 0 Å². The molecule has 0 spiro atoms. The molecule has 1 aliphatic rings. The molecule has 7 heteroatoms. The average Bonchev–Trinajstić information content (AvgIpc) is 2.60. The van der Waals surface area contributed by atoms with E-state index in [0.29, 0.717) is 32.0 Å². The number of ether oxygens (including phenoxy) is 1. The zero-order chi connectivity index (χ0) is 10.7. The van der Waals surface area contributed by atoms with Gasteiger partial charge in [0, 0.05) is 6.54 Å². The summed E-state index contributed by atoms with van der Waals surface area (Å²) >= 11 is 0. The normalized spacial score (nSPS) is 16.1. The van der Waals surface area contributed by atoms with Crippen LogP contribution in [0.2, 0.25) is 0 Å². The third kappa shape index (κ3) is 2.31. The molecule has 82 valence electrons. The van der Waals surface area contributed by atoms with Crippen molar-refractivity contribution in [3.05, 3.63) is 11.9 Å². The molecule has 0 aromatic carbocycles. The van der Waals surface area contributed by atoms with Crippen LogP contribution in [0.15, 0.2) is 6.20 Å². The molecule has 0 saturated carbocycles. The van der Waals surface area contributed by atoms with Crippen molar-refractivity contribution in [3.63, 3.8) is 0 Å². The maximum atomic E-state index is 11.6. The van der Waals surface area contributed by atoms with Gasteiger partial charge in [0.2, 0.25) is 0 Å². The van der Waals surface area contributed by atoms with Gasteiger partial charge in [-0.2, -0.15) is 0 Å². The second-order valence-electron chi connectivity index (χ2n) is 3.36. The smallest absolute Gasteiger partial charge is 0.273 e. The Balaban J connectivity index is 1.92. The maximum Gasteiger partial charge on any atom is 0.273 e. The summed E-state index contributed by atoms with van der Waals surface area (Å²) in [5.41, 5.74) is 5.67. The van der Waals surface area contributed by atoms with Crippen LogP contribution < -0.4 is 11.1 Å². The Bertz CT molecular complexity index is 347. The number of nitrogens with one attached hydrogen (secondary N) is 1. The van der Waals surface area contributed by atoms with E-state index in [1.165, 1.54) is 0 Å². The van der Waals surface area contributed by atoms with Crippen molar-refractivity contribution in [2.75, 3.05) is 19.8 Å². The number of hydrogen-bond donors (Lipinski definition) is 2. The number of carbonyl (C=O) groups excluding carboxylic acids is 1. The maximum absolute atomic E-state index is 11.6. The summed E-state index contributed by atoms with van der Waals surface area (Å²) in [5.74, 6) is -0.216. The number of hydrogen-bond acceptors (Lipinski definition) is 5. The van der Waals surface area contributed by atoms with Gasteiger partial charge in [-0.25, -0.2) is 0 Å². The molecule has 0 bridgehead atoms. The zero-order valence-electron chi connectivity index (χ0n) is 8.22. The van der Waals surface area contributed by atoms with Gasteiger partial charge < -0.3 is 15.8 Å². The molecule has 0 unspecified atom stereocenters. The van der Waals surface area contributed by atoms with Crippen LogP contribution in [0.25, 0.3) is 0 Å². The van der Waals surface area contributed by atoms with Crippen molar-refractivity contribution in [2.24, 2.45) is 5.73 Å². The monoisotopic (exact) mass is 211 g/mol. The molecule has 1 amide bonds. The predicted octanol–water partition coefficient (Wildman–Crippen LogP) is -1.63. The topological polar surface area (TPSA) is 95.1 Å². The first-order valence-electron chi connectivity index (χ1n) is 4.78. The molecular weight excluding hydrogens is 198 g/mol. The Morgan fingerprint density at radius 1 is 1.73 bits per heavy atom. The number of carbonyl (C=O) groups is 1. The molecule has 15 heavy (non-hydrogen) atoms. The summed E-state index contributed by atoms with van der Waals surface area (Å²) in [4.78, 5) is 11.6. The van der Waals surface area contributed by atoms with Crippen molar-refractivity contribution < 1.29 is 9.53 Å². The quantitative estimate of drug-likeness (QED) is 0.623. The summed E-state index contributed by atoms with van der Waals surface area (Å²) in [6, 6.07) is 0.108. The Hall–Kier alpha value is -1.47. The fraction of sp³-hybridized carbons (Fsp3) is 0.625. The molecule has 3 N–H and O–H groups in total. The third-order valence-corrected chi connectivity index (χ3v) is 2.10. The first-order valence-corrected chi connectivity index (χ1v) is 4.78. The predicted molar refractivity (Wildman–Crippen MR) is 51.1 cm³/mol. The lowest BCUT2D eigenvalue weighted by molar-refractivity contribution is -0.00355. The fourth-order valence-electron chi connectivity index (χ4n) is 1.22. The average molecular weight is 211 g/mol. The Labute approximate surface area is 86.6 Å². The second-order valence-corrected chi connectivity index (χ2v) is 3.36. The van der Waals surface area contributed by atoms with Gasteiger partial charge in [-0.3, -0.25) is 9.48 Å². The SMILES string of the molecule is NCCn1cc(C(=O)NC2COC2)nn1. The highest BCUT2D eigenvalue weighted by molar-refractivity contribution is 5.92. The fourth-order valence-corrected chi connectivity index (χ4v) is 1.22. The van der Waals surface area contributed by atoms with Gasteiger partial charge in [0.1, 0.15) is 0 Å². The van der Waals surface area contributed by atoms with E-state index >= 15 is 0 Å². The van der Waals surface area contributed by atoms with Crippen LogP contribution in [0.1, 0.15) is 10.5 Å². The van der Waals surface area contributed by atoms with Crippen LogP contribution in [-0.4, -0.2) is 46.7 Å². The van der Waals surface area contributed by atoms with Gasteiger partial charge in [0.25, 0.3) is 5.91 Å². The lowest BCUT2D eigenvalue weighted by atomic mass is 10.2. The minimum atomic E-state index is -0.216. The lowest BCUT2D eigenvalue weighted by Crippen LogP contribution is -2.48. The van der Waals surface area contributed by atoms with Crippen molar-refractivity contribution in [2.45, 2.75) is 12.6 Å². The standard InChI is InChI=1S/C8H13N5O2/c9-1-2-13-3-7(11-12-13)8(14)10-6-4-15-5-6/h3,6H,1-2,4-5,9H2,(H,10,14). The Kier molecular flexibility index (Phi) is 2.93. The highest BCUT2D eigenvalue weighted by atomic mass is 16.5. The van der Waals surface area contributed by atoms with Crippen LogP contribution in [-0.2, 0) is 11.3 Å². The molecule has 2 heterocycles. The number of nitrogens with two attached hydrogens (primary N) is 1. The molecule has 1 aromatic heterocycles. The third-order valence-electron chi connectivity index (χ3n) is 2.10. The van der Waals surface area contributed by atoms with E-state index in [0.717, 1.165) is 0 Å². The van der Waals surface area contributed by atoms with E-state index in [9.17, 15) is 4.79 Å². The van der Waals surface area contributed by atoms with Crippen molar-refractivity contribution in [1.29, 1.82) is 0 Å². The Morgan fingerprint density at radius 3 is 3.13 bits per heavy atom. The molecule has 1 aromatic rings. The van der Waals surface area contributed by atoms with Crippen LogP contribution in [0.3, 0.4) is 0 Å². The second kappa shape index (κ2) is 4.37. The molecule has 1 saturated heterocycles. The molecule has 2 rings (SSSR count). The van der Waals surface area contributed by atoms with Gasteiger partial charge >= 0.3 is 0 Å². The van der Waals surface area contributed by atoms with Crippen molar-refractivity contribution >= 4 is 5.91 Å². The number of amides is 1. The van der Waals surface area contributed by atoms with Crippen LogP contribution >= 0.6 is 0 Å². The highest BCUT2D eigenvalue weighted by Crippen LogP contribution is 2.01. The van der Waals surface area contributed by atoms with Gasteiger partial charge in [-0.05, 0) is 0 Å². The van der Waals surface area contributed by atoms with E-state index in [4.69, 9.17) is 10.5 Å². The first kappa shape index (κ1) is 10.1. The lowest BCUT2D eigenvalue weighted by Gasteiger charge is -2.26. The Morgan fingerprint density at radius 2 is 2.53 bits per heavy atom. The van der Waals surface area contributed by atoms with Gasteiger partial charge in [0.05, 0.1) is 32.0 Å². The summed E-state index contributed by atoms with van der Waals surface area (Å²) in [6.45, 7) is 2.18. The molecule has 0 atom stereocenters. The first-order chi connectivity index (χ1) is 7.29. The molecular formula is C8H13N5O2. The number of nitrogens with zero attached hydrogens (tertiary/aromatic N) is 3. The highest BCUT2D eigenvalue weighted by Gasteiger charge is 2.22. The van der Waals surface area contributed by atoms with Crippen LogP contribution in [0.5, 0.6) is 0 Å². The summed E-state index contributed by atoms with van der Waals surface area (Å²) in [7, 11) is 0. The van der Waals surface area contributed by atoms with Crippen LogP contribution in [0.4, 0.5) is 0 Å². The minimum absolute atomic E-state index is 0.108. The van der Waals surface area contributed by atoms with Gasteiger partial charge in [-0.1, -0.05) is 5.21 Å². The number of aromatic nitrogens is 3. The van der Waals surface area contributed by atoms with E-state index < -0.39 is 0 Å². The van der Waals surface area contributed by atoms with Crippen molar-refractivity contribution in [1.82, 2.24) is 20.3 Å². The number of rotatable bonds is 4. The molecule has 0 radical (unpaired) electrons. The van der Waals surface area contributed by atoms with E-state index in [1.54, 1.807) is 10.9 Å². The largest absolute Gasteiger partial charge is 0.377 e. The molecule has 0 aliphatic carbocycles. The van der Waals surface area contributed by atoms with Crippen LogP contribution in [0, 0.1) is 0 Å². The summed E-state index contributed by atoms with van der Waals surface area (Å²) < 4.78 is 6.49. The van der Waals surface area contributed by atoms with Gasteiger partial charge in [-0.15, -0.1) is 5.10 Å². The summed E-state index contributed by atoms with van der Waals surface area (Å²) in [6.07, 6.45) is 1.59.